The van der Waals surface area contributed by atoms with Crippen LogP contribution >= 0.6 is 0 Å². The molecule has 3 nitrogen and oxygen atoms in total. The number of methoxy groups -OCH3 is 1. The molecule has 98 valence electrons. The highest BCUT2D eigenvalue weighted by molar-refractivity contribution is 5.99. The maximum Gasteiger partial charge on any atom is 0.202 e. The van der Waals surface area contributed by atoms with Crippen molar-refractivity contribution in [2.24, 2.45) is 0 Å². The molecule has 0 radical (unpaired) electrons. The number of carbonyl (C=O) groups excluding carboxylic acids is 1. The first-order valence-corrected chi connectivity index (χ1v) is 6.10. The molecule has 0 saturated carbocycles. The Morgan fingerprint density at radius 2 is 1.68 bits per heavy atom. The summed E-state index contributed by atoms with van der Waals surface area (Å²) < 4.78 is 10.8. The molecule has 19 heavy (non-hydrogen) atoms. The Morgan fingerprint density at radius 1 is 1.00 bits per heavy atom. The van der Waals surface area contributed by atoms with Gasteiger partial charge in [-0.25, -0.2) is 0 Å². The fourth-order valence-electron chi connectivity index (χ4n) is 1.77. The number of Topliss-reactive ketones (excluding diaryl/α,β-unsaturated/α-hetero) is 1. The highest BCUT2D eigenvalue weighted by Crippen LogP contribution is 2.20. The van der Waals surface area contributed by atoms with Gasteiger partial charge in [-0.05, 0) is 19.1 Å². The largest absolute Gasteiger partial charge is 0.497 e. The van der Waals surface area contributed by atoms with Crippen LogP contribution in [0.5, 0.6) is 11.5 Å². The number of rotatable bonds is 5. The van der Waals surface area contributed by atoms with Gasteiger partial charge in [0.1, 0.15) is 11.5 Å². The van der Waals surface area contributed by atoms with Crippen LogP contribution in [0, 0.1) is 0 Å². The minimum Gasteiger partial charge on any atom is -0.497 e. The Hall–Kier alpha value is -2.29. The van der Waals surface area contributed by atoms with E-state index in [1.54, 1.807) is 38.3 Å². The molecule has 0 N–H and O–H groups in total. The molecule has 0 aliphatic carbocycles. The maximum atomic E-state index is 12.1. The van der Waals surface area contributed by atoms with Gasteiger partial charge in [-0.2, -0.15) is 0 Å². The molecule has 0 heterocycles. The van der Waals surface area contributed by atoms with Crippen LogP contribution in [-0.2, 0) is 0 Å². The van der Waals surface area contributed by atoms with Crippen molar-refractivity contribution >= 4 is 5.78 Å². The van der Waals surface area contributed by atoms with Gasteiger partial charge >= 0.3 is 0 Å². The Balaban J connectivity index is 2.08. The quantitative estimate of drug-likeness (QED) is 0.770. The van der Waals surface area contributed by atoms with Crippen LogP contribution in [0.1, 0.15) is 17.3 Å². The second-order valence-electron chi connectivity index (χ2n) is 4.17. The van der Waals surface area contributed by atoms with Gasteiger partial charge in [-0.3, -0.25) is 4.79 Å². The van der Waals surface area contributed by atoms with Crippen molar-refractivity contribution in [3.05, 3.63) is 60.2 Å². The average molecular weight is 256 g/mol. The maximum absolute atomic E-state index is 12.1. The van der Waals surface area contributed by atoms with Crippen LogP contribution in [0.15, 0.2) is 54.6 Å². The molecule has 0 aromatic heterocycles. The van der Waals surface area contributed by atoms with E-state index in [0.717, 1.165) is 0 Å². The van der Waals surface area contributed by atoms with E-state index in [1.807, 2.05) is 30.3 Å². The van der Waals surface area contributed by atoms with E-state index in [9.17, 15) is 4.79 Å². The summed E-state index contributed by atoms with van der Waals surface area (Å²) in [6.07, 6.45) is -0.533. The Bertz CT molecular complexity index is 549. The molecule has 0 spiro atoms. The molecule has 2 rings (SSSR count). The van der Waals surface area contributed by atoms with E-state index in [0.29, 0.717) is 17.1 Å². The number of hydrogen-bond donors (Lipinski definition) is 0. The molecule has 2 aromatic carbocycles. The first-order valence-electron chi connectivity index (χ1n) is 6.10. The predicted molar refractivity (Wildman–Crippen MR) is 73.9 cm³/mol. The van der Waals surface area contributed by atoms with Crippen LogP contribution < -0.4 is 9.47 Å². The Kier molecular flexibility index (Phi) is 4.18. The Labute approximate surface area is 112 Å². The van der Waals surface area contributed by atoms with E-state index in [-0.39, 0.29) is 5.78 Å². The number of hydrogen-bond acceptors (Lipinski definition) is 3. The smallest absolute Gasteiger partial charge is 0.202 e. The molecule has 1 unspecified atom stereocenters. The monoisotopic (exact) mass is 256 g/mol. The highest BCUT2D eigenvalue weighted by atomic mass is 16.5. The fourth-order valence-corrected chi connectivity index (χ4v) is 1.77. The van der Waals surface area contributed by atoms with Crippen LogP contribution in [0.25, 0.3) is 0 Å². The van der Waals surface area contributed by atoms with Crippen molar-refractivity contribution in [3.63, 3.8) is 0 Å². The van der Waals surface area contributed by atoms with Gasteiger partial charge < -0.3 is 9.47 Å². The van der Waals surface area contributed by atoms with Gasteiger partial charge in [0, 0.05) is 11.6 Å². The standard InChI is InChI=1S/C16H16O3/c1-12(16(17)13-7-4-3-5-8-13)19-15-10-6-9-14(11-15)18-2/h3-12H,1-2H3. The SMILES string of the molecule is COc1cccc(OC(C)C(=O)c2ccccc2)c1. The van der Waals surface area contributed by atoms with Crippen LogP contribution in [0.3, 0.4) is 0 Å². The lowest BCUT2D eigenvalue weighted by Crippen LogP contribution is -2.23. The van der Waals surface area contributed by atoms with Gasteiger partial charge in [0.2, 0.25) is 5.78 Å². The van der Waals surface area contributed by atoms with E-state index >= 15 is 0 Å². The minimum atomic E-state index is -0.533. The molecule has 0 amide bonds. The summed E-state index contributed by atoms with van der Waals surface area (Å²) in [6.45, 7) is 1.74. The summed E-state index contributed by atoms with van der Waals surface area (Å²) in [5.41, 5.74) is 0.651. The van der Waals surface area contributed by atoms with E-state index in [4.69, 9.17) is 9.47 Å². The molecule has 3 heteroatoms. The van der Waals surface area contributed by atoms with Gasteiger partial charge in [-0.1, -0.05) is 36.4 Å². The van der Waals surface area contributed by atoms with Crippen molar-refractivity contribution in [3.8, 4) is 11.5 Å². The summed E-state index contributed by atoms with van der Waals surface area (Å²) >= 11 is 0. The van der Waals surface area contributed by atoms with Gasteiger partial charge in [-0.15, -0.1) is 0 Å². The third-order valence-electron chi connectivity index (χ3n) is 2.78. The predicted octanol–water partition coefficient (Wildman–Crippen LogP) is 3.35. The molecule has 2 aromatic rings. The van der Waals surface area contributed by atoms with Crippen molar-refractivity contribution < 1.29 is 14.3 Å². The molecular weight excluding hydrogens is 240 g/mol. The third-order valence-corrected chi connectivity index (χ3v) is 2.78. The number of ketones is 1. The van der Waals surface area contributed by atoms with E-state index in [2.05, 4.69) is 0 Å². The fraction of sp³-hybridized carbons (Fsp3) is 0.188. The van der Waals surface area contributed by atoms with Gasteiger partial charge in [0.05, 0.1) is 7.11 Å². The molecule has 0 aliphatic rings. The van der Waals surface area contributed by atoms with E-state index < -0.39 is 6.10 Å². The van der Waals surface area contributed by atoms with Crippen molar-refractivity contribution in [2.45, 2.75) is 13.0 Å². The summed E-state index contributed by atoms with van der Waals surface area (Å²) in [6, 6.07) is 16.3. The second kappa shape index (κ2) is 6.05. The molecule has 0 bridgehead atoms. The lowest BCUT2D eigenvalue weighted by atomic mass is 10.1. The number of carbonyl (C=O) groups is 1. The van der Waals surface area contributed by atoms with Gasteiger partial charge in [0.25, 0.3) is 0 Å². The van der Waals surface area contributed by atoms with E-state index in [1.165, 1.54) is 0 Å². The first kappa shape index (κ1) is 13.1. The summed E-state index contributed by atoms with van der Waals surface area (Å²) in [7, 11) is 1.59. The summed E-state index contributed by atoms with van der Waals surface area (Å²) in [4.78, 5) is 12.1. The van der Waals surface area contributed by atoms with Crippen molar-refractivity contribution in [2.75, 3.05) is 7.11 Å². The van der Waals surface area contributed by atoms with Crippen molar-refractivity contribution in [1.29, 1.82) is 0 Å². The van der Waals surface area contributed by atoms with Crippen LogP contribution in [0.4, 0.5) is 0 Å². The molecule has 1 atom stereocenters. The zero-order valence-electron chi connectivity index (χ0n) is 11.0. The first-order chi connectivity index (χ1) is 9.20. The molecular formula is C16H16O3. The third kappa shape index (κ3) is 3.35. The molecule has 0 fully saturated rings. The van der Waals surface area contributed by atoms with Crippen molar-refractivity contribution in [1.82, 2.24) is 0 Å². The van der Waals surface area contributed by atoms with Crippen LogP contribution in [-0.4, -0.2) is 19.0 Å². The lowest BCUT2D eigenvalue weighted by Gasteiger charge is -2.14. The summed E-state index contributed by atoms with van der Waals surface area (Å²) in [5.74, 6) is 1.29. The highest BCUT2D eigenvalue weighted by Gasteiger charge is 2.16. The normalized spacial score (nSPS) is 11.7. The molecule has 0 saturated heterocycles. The zero-order chi connectivity index (χ0) is 13.7. The Morgan fingerprint density at radius 3 is 2.37 bits per heavy atom. The second-order valence-corrected chi connectivity index (χ2v) is 4.17. The van der Waals surface area contributed by atoms with Crippen LogP contribution in [0.2, 0.25) is 0 Å². The average Bonchev–Trinajstić information content (AvgIpc) is 2.47. The number of benzene rings is 2. The zero-order valence-corrected chi connectivity index (χ0v) is 11.0. The molecule has 0 aliphatic heterocycles. The number of ether oxygens (including phenoxy) is 2. The lowest BCUT2D eigenvalue weighted by molar-refractivity contribution is 0.0817. The topological polar surface area (TPSA) is 35.5 Å². The minimum absolute atomic E-state index is 0.0385. The van der Waals surface area contributed by atoms with Gasteiger partial charge in [0.15, 0.2) is 6.10 Å². The summed E-state index contributed by atoms with van der Waals surface area (Å²) in [5, 5.41) is 0.